The summed E-state index contributed by atoms with van der Waals surface area (Å²) in [4.78, 5) is 5.97. The summed E-state index contributed by atoms with van der Waals surface area (Å²) in [6.07, 6.45) is 0. The molecule has 1 aliphatic heterocycles. The van der Waals surface area contributed by atoms with Crippen molar-refractivity contribution in [2.24, 2.45) is 0 Å². The lowest BCUT2D eigenvalue weighted by atomic mass is 10.2. The number of fused-ring (bicyclic) bond motifs is 1. The van der Waals surface area contributed by atoms with Crippen LogP contribution in [0.1, 0.15) is 5.69 Å². The average Bonchev–Trinajstić information content (AvgIpc) is 2.71. The van der Waals surface area contributed by atoms with Crippen LogP contribution in [0.25, 0.3) is 10.9 Å². The maximum absolute atomic E-state index is 3.50. The number of nitrogens with zero attached hydrogens (tertiary/aromatic N) is 1. The van der Waals surface area contributed by atoms with Crippen LogP contribution in [0.2, 0.25) is 0 Å². The standard InChI is InChI=1S/C13H16BrN3/c14-11-2-1-10-7-12(16-13(10)8-11)9-17-5-3-15-4-6-17/h1-2,7-8,15-16H,3-6,9H2. The lowest BCUT2D eigenvalue weighted by Gasteiger charge is -2.26. The van der Waals surface area contributed by atoms with Crippen molar-refractivity contribution in [3.8, 4) is 0 Å². The SMILES string of the molecule is Brc1ccc2cc(CN3CCNCC3)[nH]c2c1. The van der Waals surface area contributed by atoms with Gasteiger partial charge in [-0.25, -0.2) is 0 Å². The van der Waals surface area contributed by atoms with Gasteiger partial charge in [0.05, 0.1) is 0 Å². The molecule has 0 spiro atoms. The first-order valence-corrected chi connectivity index (χ1v) is 6.81. The molecular weight excluding hydrogens is 278 g/mol. The fraction of sp³-hybridized carbons (Fsp3) is 0.385. The van der Waals surface area contributed by atoms with Gasteiger partial charge < -0.3 is 10.3 Å². The highest BCUT2D eigenvalue weighted by Gasteiger charge is 2.11. The Balaban J connectivity index is 1.80. The average molecular weight is 294 g/mol. The molecule has 0 saturated carbocycles. The second-order valence-electron chi connectivity index (χ2n) is 4.55. The van der Waals surface area contributed by atoms with Crippen LogP contribution in [0.3, 0.4) is 0 Å². The van der Waals surface area contributed by atoms with E-state index < -0.39 is 0 Å². The zero-order valence-electron chi connectivity index (χ0n) is 9.67. The summed E-state index contributed by atoms with van der Waals surface area (Å²) in [6, 6.07) is 8.63. The highest BCUT2D eigenvalue weighted by atomic mass is 79.9. The number of piperazine rings is 1. The Labute approximate surface area is 109 Å². The molecule has 0 amide bonds. The molecule has 4 heteroatoms. The Morgan fingerprint density at radius 3 is 2.82 bits per heavy atom. The second-order valence-corrected chi connectivity index (χ2v) is 5.47. The summed E-state index contributed by atoms with van der Waals surface area (Å²) in [6.45, 7) is 5.50. The third kappa shape index (κ3) is 2.54. The Morgan fingerprint density at radius 2 is 2.00 bits per heavy atom. The van der Waals surface area contributed by atoms with Crippen LogP contribution in [0.4, 0.5) is 0 Å². The Kier molecular flexibility index (Phi) is 3.18. The van der Waals surface area contributed by atoms with E-state index in [2.05, 4.69) is 55.4 Å². The third-order valence-corrected chi connectivity index (χ3v) is 3.74. The van der Waals surface area contributed by atoms with Crippen molar-refractivity contribution in [2.75, 3.05) is 26.2 Å². The van der Waals surface area contributed by atoms with Crippen molar-refractivity contribution in [3.05, 3.63) is 34.4 Å². The molecule has 0 bridgehead atoms. The number of rotatable bonds is 2. The van der Waals surface area contributed by atoms with Crippen molar-refractivity contribution in [3.63, 3.8) is 0 Å². The van der Waals surface area contributed by atoms with E-state index in [4.69, 9.17) is 0 Å². The van der Waals surface area contributed by atoms with E-state index in [0.717, 1.165) is 37.2 Å². The second kappa shape index (κ2) is 4.80. The van der Waals surface area contributed by atoms with Crippen LogP contribution in [-0.2, 0) is 6.54 Å². The first-order chi connectivity index (χ1) is 8.31. The molecule has 3 nitrogen and oxygen atoms in total. The van der Waals surface area contributed by atoms with Crippen LogP contribution in [0.5, 0.6) is 0 Å². The summed E-state index contributed by atoms with van der Waals surface area (Å²) < 4.78 is 1.13. The number of halogens is 1. The van der Waals surface area contributed by atoms with Gasteiger partial charge in [-0.2, -0.15) is 0 Å². The minimum absolute atomic E-state index is 1.02. The normalized spacial score (nSPS) is 17.7. The lowest BCUT2D eigenvalue weighted by Crippen LogP contribution is -2.42. The summed E-state index contributed by atoms with van der Waals surface area (Å²) >= 11 is 3.50. The van der Waals surface area contributed by atoms with Gasteiger partial charge in [0.15, 0.2) is 0 Å². The molecule has 0 unspecified atom stereocenters. The minimum atomic E-state index is 1.02. The molecule has 1 aliphatic rings. The Morgan fingerprint density at radius 1 is 1.18 bits per heavy atom. The molecule has 0 radical (unpaired) electrons. The quantitative estimate of drug-likeness (QED) is 0.890. The molecule has 1 aromatic heterocycles. The fourth-order valence-electron chi connectivity index (χ4n) is 2.35. The van der Waals surface area contributed by atoms with Gasteiger partial charge >= 0.3 is 0 Å². The molecular formula is C13H16BrN3. The maximum atomic E-state index is 3.50. The molecule has 1 aromatic carbocycles. The van der Waals surface area contributed by atoms with Crippen molar-refractivity contribution in [1.82, 2.24) is 15.2 Å². The fourth-order valence-corrected chi connectivity index (χ4v) is 2.72. The highest BCUT2D eigenvalue weighted by Crippen LogP contribution is 2.21. The maximum Gasteiger partial charge on any atom is 0.0467 e. The topological polar surface area (TPSA) is 31.1 Å². The molecule has 1 saturated heterocycles. The van der Waals surface area contributed by atoms with E-state index >= 15 is 0 Å². The molecule has 3 rings (SSSR count). The van der Waals surface area contributed by atoms with E-state index in [1.165, 1.54) is 16.6 Å². The Hall–Kier alpha value is -0.840. The number of nitrogens with one attached hydrogen (secondary N) is 2. The number of hydrogen-bond donors (Lipinski definition) is 2. The third-order valence-electron chi connectivity index (χ3n) is 3.24. The molecule has 0 aliphatic carbocycles. The molecule has 0 atom stereocenters. The van der Waals surface area contributed by atoms with Gasteiger partial charge in [0.2, 0.25) is 0 Å². The van der Waals surface area contributed by atoms with E-state index in [1.807, 2.05) is 0 Å². The number of benzene rings is 1. The molecule has 1 fully saturated rings. The Bertz CT molecular complexity index is 514. The minimum Gasteiger partial charge on any atom is -0.357 e. The van der Waals surface area contributed by atoms with Crippen molar-refractivity contribution in [2.45, 2.75) is 6.54 Å². The van der Waals surface area contributed by atoms with Crippen LogP contribution in [-0.4, -0.2) is 36.1 Å². The summed E-state index contributed by atoms with van der Waals surface area (Å²) in [5.74, 6) is 0. The molecule has 2 heterocycles. The van der Waals surface area contributed by atoms with Gasteiger partial charge in [-0.15, -0.1) is 0 Å². The zero-order valence-corrected chi connectivity index (χ0v) is 11.3. The lowest BCUT2D eigenvalue weighted by molar-refractivity contribution is 0.231. The summed E-state index contributed by atoms with van der Waals surface area (Å²) in [7, 11) is 0. The highest BCUT2D eigenvalue weighted by molar-refractivity contribution is 9.10. The predicted molar refractivity (Wildman–Crippen MR) is 74.1 cm³/mol. The molecule has 90 valence electrons. The smallest absolute Gasteiger partial charge is 0.0467 e. The van der Waals surface area contributed by atoms with Gasteiger partial charge in [0.1, 0.15) is 0 Å². The predicted octanol–water partition coefficient (Wildman–Crippen LogP) is 2.34. The monoisotopic (exact) mass is 293 g/mol. The van der Waals surface area contributed by atoms with Gasteiger partial charge in [0.25, 0.3) is 0 Å². The van der Waals surface area contributed by atoms with E-state index in [0.29, 0.717) is 0 Å². The number of H-pyrrole nitrogens is 1. The van der Waals surface area contributed by atoms with Crippen molar-refractivity contribution >= 4 is 26.8 Å². The van der Waals surface area contributed by atoms with E-state index in [1.54, 1.807) is 0 Å². The van der Waals surface area contributed by atoms with Gasteiger partial charge in [-0.1, -0.05) is 22.0 Å². The van der Waals surface area contributed by atoms with Crippen LogP contribution >= 0.6 is 15.9 Å². The summed E-state index contributed by atoms with van der Waals surface area (Å²) in [5.41, 5.74) is 2.52. The number of hydrogen-bond acceptors (Lipinski definition) is 2. The summed E-state index contributed by atoms with van der Waals surface area (Å²) in [5, 5.41) is 4.67. The first-order valence-electron chi connectivity index (χ1n) is 6.01. The largest absolute Gasteiger partial charge is 0.357 e. The number of aromatic amines is 1. The molecule has 2 aromatic rings. The molecule has 17 heavy (non-hydrogen) atoms. The van der Waals surface area contributed by atoms with Crippen molar-refractivity contribution < 1.29 is 0 Å². The first kappa shape index (κ1) is 11.3. The van der Waals surface area contributed by atoms with Crippen LogP contribution in [0.15, 0.2) is 28.7 Å². The van der Waals surface area contributed by atoms with Crippen molar-refractivity contribution in [1.29, 1.82) is 0 Å². The van der Waals surface area contributed by atoms with E-state index in [-0.39, 0.29) is 0 Å². The van der Waals surface area contributed by atoms with Crippen LogP contribution in [0, 0.1) is 0 Å². The zero-order chi connectivity index (χ0) is 11.7. The van der Waals surface area contributed by atoms with Crippen LogP contribution < -0.4 is 5.32 Å². The number of aromatic nitrogens is 1. The van der Waals surface area contributed by atoms with Gasteiger partial charge in [-0.05, 0) is 23.6 Å². The van der Waals surface area contributed by atoms with Gasteiger partial charge in [0, 0.05) is 48.4 Å². The van der Waals surface area contributed by atoms with Gasteiger partial charge in [-0.3, -0.25) is 4.90 Å². The molecule has 2 N–H and O–H groups in total. The van der Waals surface area contributed by atoms with E-state index in [9.17, 15) is 0 Å².